The highest BCUT2D eigenvalue weighted by Gasteiger charge is 2.16. The number of aromatic hydroxyl groups is 1. The number of imidazole rings is 1. The number of benzene rings is 1. The van der Waals surface area contributed by atoms with Crippen LogP contribution < -0.4 is 5.62 Å². The lowest BCUT2D eigenvalue weighted by atomic mass is 10.0. The lowest BCUT2D eigenvalue weighted by molar-refractivity contribution is 0.427. The molecule has 3 rings (SSSR count). The van der Waals surface area contributed by atoms with Crippen LogP contribution in [0.1, 0.15) is 23.7 Å². The van der Waals surface area contributed by atoms with E-state index in [0.29, 0.717) is 5.62 Å². The van der Waals surface area contributed by atoms with Crippen molar-refractivity contribution in [3.63, 3.8) is 0 Å². The van der Waals surface area contributed by atoms with E-state index in [0.717, 1.165) is 28.9 Å². The van der Waals surface area contributed by atoms with Gasteiger partial charge in [0, 0.05) is 38.5 Å². The molecule has 114 valence electrons. The molecule has 5 heteroatoms. The molecule has 0 bridgehead atoms. The van der Waals surface area contributed by atoms with Gasteiger partial charge in [0.1, 0.15) is 5.69 Å². The summed E-state index contributed by atoms with van der Waals surface area (Å²) >= 11 is 0. The zero-order valence-corrected chi connectivity index (χ0v) is 13.3. The SMILES string of the molecule is CCc1ccc2c(c1)N=C/C2=C\c1c(O)n(C)c(=NC)n1C. The topological polar surface area (TPSA) is 54.8 Å². The summed E-state index contributed by atoms with van der Waals surface area (Å²) in [6.07, 6.45) is 4.79. The highest BCUT2D eigenvalue weighted by molar-refractivity contribution is 6.21. The predicted octanol–water partition coefficient (Wildman–Crippen LogP) is 2.42. The van der Waals surface area contributed by atoms with Gasteiger partial charge >= 0.3 is 0 Å². The molecule has 0 radical (unpaired) electrons. The first kappa shape index (κ1) is 14.4. The van der Waals surface area contributed by atoms with E-state index >= 15 is 0 Å². The first-order valence-electron chi connectivity index (χ1n) is 7.33. The minimum Gasteiger partial charge on any atom is -0.493 e. The van der Waals surface area contributed by atoms with Gasteiger partial charge in [-0.25, -0.2) is 0 Å². The number of aromatic nitrogens is 2. The fourth-order valence-electron chi connectivity index (χ4n) is 2.83. The van der Waals surface area contributed by atoms with Gasteiger partial charge in [0.15, 0.2) is 0 Å². The van der Waals surface area contributed by atoms with Crippen molar-refractivity contribution in [1.29, 1.82) is 0 Å². The minimum absolute atomic E-state index is 0.197. The van der Waals surface area contributed by atoms with Crippen molar-refractivity contribution in [2.75, 3.05) is 7.05 Å². The Balaban J connectivity index is 2.13. The Kier molecular flexibility index (Phi) is 3.48. The van der Waals surface area contributed by atoms with Crippen molar-refractivity contribution in [1.82, 2.24) is 9.13 Å². The fourth-order valence-corrected chi connectivity index (χ4v) is 2.83. The summed E-state index contributed by atoms with van der Waals surface area (Å²) in [5.41, 5.74) is 5.78. The van der Waals surface area contributed by atoms with E-state index in [1.54, 1.807) is 18.7 Å². The number of nitrogens with zero attached hydrogens (tertiary/aromatic N) is 4. The van der Waals surface area contributed by atoms with Crippen molar-refractivity contribution in [3.05, 3.63) is 40.6 Å². The van der Waals surface area contributed by atoms with E-state index in [1.807, 2.05) is 23.9 Å². The van der Waals surface area contributed by atoms with Crippen LogP contribution in [0.4, 0.5) is 5.69 Å². The van der Waals surface area contributed by atoms with Gasteiger partial charge in [0.05, 0.1) is 5.69 Å². The average molecular weight is 296 g/mol. The Bertz CT molecular complexity index is 866. The number of aliphatic imine (C=N–C) groups is 1. The monoisotopic (exact) mass is 296 g/mol. The summed E-state index contributed by atoms with van der Waals surface area (Å²) in [5.74, 6) is 0.197. The molecule has 0 fully saturated rings. The normalized spacial score (nSPS) is 15.8. The first-order chi connectivity index (χ1) is 10.6. The molecule has 1 aromatic heterocycles. The molecular weight excluding hydrogens is 276 g/mol. The number of rotatable bonds is 2. The second kappa shape index (κ2) is 5.33. The Hall–Kier alpha value is -2.56. The van der Waals surface area contributed by atoms with Crippen LogP contribution in [-0.2, 0) is 20.5 Å². The van der Waals surface area contributed by atoms with Crippen LogP contribution in [0, 0.1) is 0 Å². The maximum atomic E-state index is 10.3. The van der Waals surface area contributed by atoms with Gasteiger partial charge in [0.25, 0.3) is 0 Å². The van der Waals surface area contributed by atoms with Gasteiger partial charge in [-0.15, -0.1) is 0 Å². The van der Waals surface area contributed by atoms with E-state index in [2.05, 4.69) is 35.1 Å². The predicted molar refractivity (Wildman–Crippen MR) is 89.4 cm³/mol. The molecule has 22 heavy (non-hydrogen) atoms. The number of hydrogen-bond acceptors (Lipinski definition) is 3. The second-order valence-corrected chi connectivity index (χ2v) is 5.41. The summed E-state index contributed by atoms with van der Waals surface area (Å²) in [4.78, 5) is 8.68. The molecule has 1 aliphatic rings. The molecule has 1 N–H and O–H groups in total. The first-order valence-corrected chi connectivity index (χ1v) is 7.33. The molecule has 1 aromatic carbocycles. The van der Waals surface area contributed by atoms with Crippen LogP contribution in [0.15, 0.2) is 28.2 Å². The molecule has 0 unspecified atom stereocenters. The Morgan fingerprint density at radius 2 is 2.05 bits per heavy atom. The van der Waals surface area contributed by atoms with Gasteiger partial charge in [0.2, 0.25) is 11.5 Å². The number of hydrogen-bond donors (Lipinski definition) is 1. The third kappa shape index (κ3) is 2.09. The van der Waals surface area contributed by atoms with E-state index in [1.165, 1.54) is 5.56 Å². The summed E-state index contributed by atoms with van der Waals surface area (Å²) in [7, 11) is 5.40. The van der Waals surface area contributed by atoms with Crippen molar-refractivity contribution in [3.8, 4) is 5.88 Å². The van der Waals surface area contributed by atoms with Gasteiger partial charge in [-0.1, -0.05) is 19.1 Å². The maximum Gasteiger partial charge on any atom is 0.218 e. The molecule has 2 aromatic rings. The van der Waals surface area contributed by atoms with E-state index in [-0.39, 0.29) is 5.88 Å². The highest BCUT2D eigenvalue weighted by atomic mass is 16.3. The smallest absolute Gasteiger partial charge is 0.218 e. The van der Waals surface area contributed by atoms with E-state index in [9.17, 15) is 5.11 Å². The Labute approximate surface area is 129 Å². The van der Waals surface area contributed by atoms with Crippen LogP contribution in [-0.4, -0.2) is 27.5 Å². The third-order valence-electron chi connectivity index (χ3n) is 4.12. The zero-order valence-electron chi connectivity index (χ0n) is 13.3. The van der Waals surface area contributed by atoms with Crippen LogP contribution in [0.3, 0.4) is 0 Å². The average Bonchev–Trinajstić information content (AvgIpc) is 3.02. The lowest BCUT2D eigenvalue weighted by Crippen LogP contribution is -2.22. The Morgan fingerprint density at radius 1 is 1.27 bits per heavy atom. The molecule has 0 spiro atoms. The summed E-state index contributed by atoms with van der Waals surface area (Å²) in [6, 6.07) is 6.33. The maximum absolute atomic E-state index is 10.3. The molecule has 0 amide bonds. The van der Waals surface area contributed by atoms with Gasteiger partial charge in [-0.05, 0) is 24.1 Å². The van der Waals surface area contributed by atoms with Gasteiger partial charge < -0.3 is 9.67 Å². The van der Waals surface area contributed by atoms with Crippen molar-refractivity contribution in [2.45, 2.75) is 13.3 Å². The summed E-state index contributed by atoms with van der Waals surface area (Å²) in [6.45, 7) is 2.13. The molecule has 5 nitrogen and oxygen atoms in total. The van der Waals surface area contributed by atoms with Crippen molar-refractivity contribution >= 4 is 23.6 Å². The molecule has 0 aliphatic carbocycles. The second-order valence-electron chi connectivity index (χ2n) is 5.41. The van der Waals surface area contributed by atoms with E-state index < -0.39 is 0 Å². The third-order valence-corrected chi connectivity index (χ3v) is 4.12. The fraction of sp³-hybridized carbons (Fsp3) is 0.294. The van der Waals surface area contributed by atoms with Crippen LogP contribution in [0.2, 0.25) is 0 Å². The lowest BCUT2D eigenvalue weighted by Gasteiger charge is -2.03. The standard InChI is InChI=1S/C17H20N4O/c1-5-11-6-7-13-12(10-19-14(13)8-11)9-15-16(22)21(4)17(18-2)20(15)3/h6-10,22H,5H2,1-4H3/b12-9+,18-17?. The van der Waals surface area contributed by atoms with Gasteiger partial charge in [-0.2, -0.15) is 0 Å². The minimum atomic E-state index is 0.197. The summed E-state index contributed by atoms with van der Waals surface area (Å²) < 4.78 is 3.54. The quantitative estimate of drug-likeness (QED) is 0.909. The Morgan fingerprint density at radius 3 is 2.68 bits per heavy atom. The van der Waals surface area contributed by atoms with Gasteiger partial charge in [-0.3, -0.25) is 14.6 Å². The van der Waals surface area contributed by atoms with E-state index in [4.69, 9.17) is 0 Å². The molecule has 1 aliphatic heterocycles. The van der Waals surface area contributed by atoms with Crippen LogP contribution in [0.5, 0.6) is 5.88 Å². The molecular formula is C17H20N4O. The van der Waals surface area contributed by atoms with Crippen LogP contribution in [0.25, 0.3) is 11.6 Å². The highest BCUT2D eigenvalue weighted by Crippen LogP contribution is 2.34. The number of allylic oxidation sites excluding steroid dienone is 1. The number of aryl methyl sites for hydroxylation is 1. The molecule has 0 saturated heterocycles. The number of fused-ring (bicyclic) bond motifs is 1. The molecule has 0 saturated carbocycles. The largest absolute Gasteiger partial charge is 0.493 e. The summed E-state index contributed by atoms with van der Waals surface area (Å²) in [5, 5.41) is 10.3. The molecule has 0 atom stereocenters. The van der Waals surface area contributed by atoms with Crippen molar-refractivity contribution < 1.29 is 5.11 Å². The molecule has 2 heterocycles. The van der Waals surface area contributed by atoms with Crippen LogP contribution >= 0.6 is 0 Å². The van der Waals surface area contributed by atoms with Crippen molar-refractivity contribution in [2.24, 2.45) is 24.1 Å². The zero-order chi connectivity index (χ0) is 15.9.